The summed E-state index contributed by atoms with van der Waals surface area (Å²) >= 11 is 7.04. The highest BCUT2D eigenvalue weighted by atomic mass is 79.9. The van der Waals surface area contributed by atoms with E-state index >= 15 is 0 Å². The fraction of sp³-hybridized carbons (Fsp3) is 0.571. The van der Waals surface area contributed by atoms with Gasteiger partial charge in [-0.05, 0) is 68.1 Å². The van der Waals surface area contributed by atoms with Crippen molar-refractivity contribution >= 4 is 31.9 Å². The number of hydrogen-bond donors (Lipinski definition) is 1. The van der Waals surface area contributed by atoms with Crippen molar-refractivity contribution < 1.29 is 0 Å². The number of benzene rings is 1. The molecule has 0 bridgehead atoms. The number of hydrogen-bond acceptors (Lipinski definition) is 2. The van der Waals surface area contributed by atoms with Crippen molar-refractivity contribution in [3.05, 3.63) is 32.7 Å². The minimum Gasteiger partial charge on any atom is -0.330 e. The Labute approximate surface area is 127 Å². The fourth-order valence-corrected chi connectivity index (χ4v) is 2.52. The maximum atomic E-state index is 5.81. The van der Waals surface area contributed by atoms with Crippen molar-refractivity contribution in [2.75, 3.05) is 19.6 Å². The minimum absolute atomic E-state index is 0.169. The van der Waals surface area contributed by atoms with Gasteiger partial charge in [0, 0.05) is 22.0 Å². The summed E-state index contributed by atoms with van der Waals surface area (Å²) in [6.07, 6.45) is 0. The third-order valence-electron chi connectivity index (χ3n) is 3.04. The number of rotatable bonds is 6. The molecule has 1 rings (SSSR count). The molecule has 0 radical (unpaired) electrons. The van der Waals surface area contributed by atoms with Gasteiger partial charge in [0.05, 0.1) is 0 Å². The van der Waals surface area contributed by atoms with E-state index < -0.39 is 0 Å². The van der Waals surface area contributed by atoms with E-state index in [1.54, 1.807) is 0 Å². The molecule has 0 aliphatic rings. The predicted octanol–water partition coefficient (Wildman–Crippen LogP) is 4.02. The van der Waals surface area contributed by atoms with Crippen LogP contribution in [0.4, 0.5) is 0 Å². The van der Waals surface area contributed by atoms with Crippen molar-refractivity contribution in [3.63, 3.8) is 0 Å². The molecular weight excluding hydrogens is 356 g/mol. The summed E-state index contributed by atoms with van der Waals surface area (Å²) < 4.78 is 2.20. The molecule has 0 amide bonds. The van der Waals surface area contributed by atoms with E-state index in [1.807, 2.05) is 0 Å². The average Bonchev–Trinajstić information content (AvgIpc) is 2.33. The van der Waals surface area contributed by atoms with Crippen LogP contribution in [0.3, 0.4) is 0 Å². The SMILES string of the molecule is CCN(Cc1ccc(Br)c(Br)c1)CC(C)(C)CN. The highest BCUT2D eigenvalue weighted by Crippen LogP contribution is 2.25. The quantitative estimate of drug-likeness (QED) is 0.811. The molecule has 1 aromatic rings. The molecule has 0 aromatic heterocycles. The maximum absolute atomic E-state index is 5.81. The zero-order valence-corrected chi connectivity index (χ0v) is 14.5. The summed E-state index contributed by atoms with van der Waals surface area (Å²) in [4.78, 5) is 2.43. The van der Waals surface area contributed by atoms with Gasteiger partial charge in [-0.1, -0.05) is 26.8 Å². The second kappa shape index (κ2) is 7.04. The summed E-state index contributed by atoms with van der Waals surface area (Å²) in [5, 5.41) is 0. The molecule has 102 valence electrons. The lowest BCUT2D eigenvalue weighted by Gasteiger charge is -2.31. The molecule has 0 unspecified atom stereocenters. The van der Waals surface area contributed by atoms with Crippen LogP contribution in [0, 0.1) is 5.41 Å². The molecule has 0 spiro atoms. The molecule has 0 aliphatic carbocycles. The monoisotopic (exact) mass is 376 g/mol. The zero-order valence-electron chi connectivity index (χ0n) is 11.3. The van der Waals surface area contributed by atoms with Crippen LogP contribution in [-0.2, 0) is 6.54 Å². The molecule has 18 heavy (non-hydrogen) atoms. The minimum atomic E-state index is 0.169. The second-order valence-electron chi connectivity index (χ2n) is 5.42. The summed E-state index contributed by atoms with van der Waals surface area (Å²) in [6.45, 7) is 10.4. The normalized spacial score (nSPS) is 12.2. The topological polar surface area (TPSA) is 29.3 Å². The smallest absolute Gasteiger partial charge is 0.0320 e. The molecule has 0 atom stereocenters. The van der Waals surface area contributed by atoms with Gasteiger partial charge in [0.25, 0.3) is 0 Å². The van der Waals surface area contributed by atoms with E-state index in [0.29, 0.717) is 6.54 Å². The summed E-state index contributed by atoms with van der Waals surface area (Å²) in [5.41, 5.74) is 7.29. The lowest BCUT2D eigenvalue weighted by atomic mass is 9.93. The Morgan fingerprint density at radius 1 is 1.22 bits per heavy atom. The van der Waals surface area contributed by atoms with E-state index in [9.17, 15) is 0 Å². The van der Waals surface area contributed by atoms with E-state index in [1.165, 1.54) is 5.56 Å². The van der Waals surface area contributed by atoms with E-state index in [-0.39, 0.29) is 5.41 Å². The first-order chi connectivity index (χ1) is 8.38. The average molecular weight is 378 g/mol. The third-order valence-corrected chi connectivity index (χ3v) is 4.92. The van der Waals surface area contributed by atoms with Crippen LogP contribution < -0.4 is 5.73 Å². The molecule has 1 aromatic carbocycles. The lowest BCUT2D eigenvalue weighted by molar-refractivity contribution is 0.183. The first kappa shape index (κ1) is 16.2. The highest BCUT2D eigenvalue weighted by molar-refractivity contribution is 9.13. The first-order valence-corrected chi connectivity index (χ1v) is 7.83. The summed E-state index contributed by atoms with van der Waals surface area (Å²) in [6, 6.07) is 6.41. The van der Waals surface area contributed by atoms with Gasteiger partial charge >= 0.3 is 0 Å². The van der Waals surface area contributed by atoms with Crippen molar-refractivity contribution in [2.45, 2.75) is 27.3 Å². The highest BCUT2D eigenvalue weighted by Gasteiger charge is 2.19. The van der Waals surface area contributed by atoms with Gasteiger partial charge in [-0.3, -0.25) is 4.90 Å². The van der Waals surface area contributed by atoms with E-state index in [4.69, 9.17) is 5.73 Å². The third kappa shape index (κ3) is 5.00. The Morgan fingerprint density at radius 2 is 1.89 bits per heavy atom. The zero-order chi connectivity index (χ0) is 13.8. The molecule has 0 aliphatic heterocycles. The Balaban J connectivity index is 2.71. The summed E-state index contributed by atoms with van der Waals surface area (Å²) in [7, 11) is 0. The van der Waals surface area contributed by atoms with Gasteiger partial charge < -0.3 is 5.73 Å². The Morgan fingerprint density at radius 3 is 2.39 bits per heavy atom. The Kier molecular flexibility index (Phi) is 6.31. The fourth-order valence-electron chi connectivity index (χ4n) is 1.85. The van der Waals surface area contributed by atoms with Gasteiger partial charge in [0.15, 0.2) is 0 Å². The number of nitrogens with zero attached hydrogens (tertiary/aromatic N) is 1. The van der Waals surface area contributed by atoms with E-state index in [2.05, 4.69) is 75.7 Å². The maximum Gasteiger partial charge on any atom is 0.0320 e. The van der Waals surface area contributed by atoms with Crippen molar-refractivity contribution in [2.24, 2.45) is 11.1 Å². The molecule has 4 heteroatoms. The van der Waals surface area contributed by atoms with Crippen LogP contribution in [0.2, 0.25) is 0 Å². The molecule has 2 N–H and O–H groups in total. The van der Waals surface area contributed by atoms with Gasteiger partial charge in [0.2, 0.25) is 0 Å². The molecule has 0 saturated heterocycles. The van der Waals surface area contributed by atoms with Crippen LogP contribution in [0.15, 0.2) is 27.1 Å². The largest absolute Gasteiger partial charge is 0.330 e. The van der Waals surface area contributed by atoms with E-state index in [0.717, 1.165) is 28.6 Å². The molecular formula is C14H22Br2N2. The standard InChI is InChI=1S/C14H22Br2N2/c1-4-18(10-14(2,3)9-17)8-11-5-6-12(15)13(16)7-11/h5-7H,4,8-10,17H2,1-3H3. The van der Waals surface area contributed by atoms with Crippen LogP contribution in [0.25, 0.3) is 0 Å². The number of halogens is 2. The Bertz CT molecular complexity index is 391. The van der Waals surface area contributed by atoms with Gasteiger partial charge in [-0.25, -0.2) is 0 Å². The summed E-state index contributed by atoms with van der Waals surface area (Å²) in [5.74, 6) is 0. The van der Waals surface area contributed by atoms with Gasteiger partial charge in [-0.2, -0.15) is 0 Å². The molecule has 0 heterocycles. The molecule has 0 saturated carbocycles. The van der Waals surface area contributed by atoms with Crippen LogP contribution in [-0.4, -0.2) is 24.5 Å². The van der Waals surface area contributed by atoms with Crippen molar-refractivity contribution in [3.8, 4) is 0 Å². The van der Waals surface area contributed by atoms with Gasteiger partial charge in [0.1, 0.15) is 0 Å². The molecule has 0 fully saturated rings. The van der Waals surface area contributed by atoms with Crippen molar-refractivity contribution in [1.82, 2.24) is 4.90 Å². The first-order valence-electron chi connectivity index (χ1n) is 6.24. The number of nitrogens with two attached hydrogens (primary N) is 1. The molecule has 2 nitrogen and oxygen atoms in total. The second-order valence-corrected chi connectivity index (χ2v) is 7.13. The van der Waals surface area contributed by atoms with Crippen LogP contribution >= 0.6 is 31.9 Å². The van der Waals surface area contributed by atoms with Crippen LogP contribution in [0.1, 0.15) is 26.3 Å². The Hall–Kier alpha value is 0.1000. The van der Waals surface area contributed by atoms with Gasteiger partial charge in [-0.15, -0.1) is 0 Å². The van der Waals surface area contributed by atoms with Crippen LogP contribution in [0.5, 0.6) is 0 Å². The predicted molar refractivity (Wildman–Crippen MR) is 85.6 cm³/mol. The van der Waals surface area contributed by atoms with Crippen molar-refractivity contribution in [1.29, 1.82) is 0 Å². The lowest BCUT2D eigenvalue weighted by Crippen LogP contribution is -2.38.